The molecule has 0 saturated heterocycles. The summed E-state index contributed by atoms with van der Waals surface area (Å²) in [6, 6.07) is 3.72. The Morgan fingerprint density at radius 2 is 2.11 bits per heavy atom. The number of carboxylic acids is 1. The Labute approximate surface area is 118 Å². The summed E-state index contributed by atoms with van der Waals surface area (Å²) in [5.41, 5.74) is 0.221. The first-order valence-corrected chi connectivity index (χ1v) is 6.75. The molecule has 1 aliphatic rings. The number of aliphatic carboxylic acids is 1. The minimum Gasteiger partial charge on any atom is -0.481 e. The number of carbonyl (C=O) groups excluding carboxylic acids is 1. The molecule has 2 N–H and O–H groups in total. The minimum absolute atomic E-state index is 0.163. The van der Waals surface area contributed by atoms with Crippen molar-refractivity contribution in [3.8, 4) is 0 Å². The van der Waals surface area contributed by atoms with Crippen molar-refractivity contribution in [1.29, 1.82) is 0 Å². The third-order valence-corrected chi connectivity index (χ3v) is 3.98. The van der Waals surface area contributed by atoms with Crippen LogP contribution in [0.15, 0.2) is 22.7 Å². The van der Waals surface area contributed by atoms with Crippen LogP contribution >= 0.6 is 15.9 Å². The van der Waals surface area contributed by atoms with Gasteiger partial charge in [0.05, 0.1) is 11.5 Å². The summed E-state index contributed by atoms with van der Waals surface area (Å²) in [5, 5.41) is 11.6. The Kier molecular flexibility index (Phi) is 4.19. The molecule has 19 heavy (non-hydrogen) atoms. The zero-order valence-corrected chi connectivity index (χ0v) is 11.6. The van der Waals surface area contributed by atoms with Crippen LogP contribution in [0.5, 0.6) is 0 Å². The van der Waals surface area contributed by atoms with Gasteiger partial charge in [-0.15, -0.1) is 0 Å². The quantitative estimate of drug-likeness (QED) is 0.895. The summed E-state index contributed by atoms with van der Waals surface area (Å²) in [4.78, 5) is 22.8. The number of halogens is 2. The van der Waals surface area contributed by atoms with Crippen LogP contribution < -0.4 is 5.32 Å². The molecule has 0 aliphatic heterocycles. The van der Waals surface area contributed by atoms with Crippen LogP contribution in [0.2, 0.25) is 0 Å². The molecule has 1 aromatic rings. The Balaban J connectivity index is 2.02. The van der Waals surface area contributed by atoms with E-state index in [2.05, 4.69) is 21.2 Å². The third kappa shape index (κ3) is 3.32. The summed E-state index contributed by atoms with van der Waals surface area (Å²) in [7, 11) is 0. The topological polar surface area (TPSA) is 66.4 Å². The molecule has 6 heteroatoms. The summed E-state index contributed by atoms with van der Waals surface area (Å²) in [6.45, 7) is 0. The molecule has 102 valence electrons. The van der Waals surface area contributed by atoms with Crippen molar-refractivity contribution in [2.75, 3.05) is 0 Å². The van der Waals surface area contributed by atoms with Crippen molar-refractivity contribution in [3.63, 3.8) is 0 Å². The zero-order valence-electron chi connectivity index (χ0n) is 10.0. The van der Waals surface area contributed by atoms with Gasteiger partial charge in [0.2, 0.25) is 0 Å². The van der Waals surface area contributed by atoms with Gasteiger partial charge in [0.25, 0.3) is 5.91 Å². The molecule has 0 radical (unpaired) electrons. The highest BCUT2D eigenvalue weighted by atomic mass is 79.9. The maximum Gasteiger partial charge on any atom is 0.306 e. The van der Waals surface area contributed by atoms with Crippen molar-refractivity contribution in [2.24, 2.45) is 5.92 Å². The molecule has 1 aliphatic carbocycles. The fourth-order valence-corrected chi connectivity index (χ4v) is 2.70. The van der Waals surface area contributed by atoms with E-state index < -0.39 is 17.7 Å². The van der Waals surface area contributed by atoms with Gasteiger partial charge in [-0.3, -0.25) is 9.59 Å². The molecule has 4 nitrogen and oxygen atoms in total. The molecule has 0 bridgehead atoms. The molecule has 1 aromatic carbocycles. The van der Waals surface area contributed by atoms with Crippen molar-refractivity contribution >= 4 is 27.8 Å². The second-order valence-electron chi connectivity index (χ2n) is 4.64. The lowest BCUT2D eigenvalue weighted by atomic mass is 10.1. The number of benzene rings is 1. The number of carboxylic acid groups (broad SMARTS) is 1. The molecule has 2 atom stereocenters. The normalized spacial score (nSPS) is 22.2. The van der Waals surface area contributed by atoms with Crippen LogP contribution in [0, 0.1) is 11.7 Å². The monoisotopic (exact) mass is 329 g/mol. The molecule has 1 fully saturated rings. The Morgan fingerprint density at radius 3 is 2.74 bits per heavy atom. The van der Waals surface area contributed by atoms with Gasteiger partial charge in [-0.1, -0.05) is 0 Å². The molecule has 2 rings (SSSR count). The number of hydrogen-bond donors (Lipinski definition) is 2. The lowest BCUT2D eigenvalue weighted by Gasteiger charge is -2.13. The van der Waals surface area contributed by atoms with Gasteiger partial charge in [-0.25, -0.2) is 4.39 Å². The van der Waals surface area contributed by atoms with Crippen LogP contribution in [-0.4, -0.2) is 23.0 Å². The van der Waals surface area contributed by atoms with Gasteiger partial charge in [-0.05, 0) is 53.4 Å². The van der Waals surface area contributed by atoms with E-state index in [1.165, 1.54) is 12.1 Å². The fraction of sp³-hybridized carbons (Fsp3) is 0.385. The van der Waals surface area contributed by atoms with Gasteiger partial charge < -0.3 is 10.4 Å². The van der Waals surface area contributed by atoms with Gasteiger partial charge in [-0.2, -0.15) is 0 Å². The van der Waals surface area contributed by atoms with E-state index in [1.807, 2.05) is 0 Å². The Hall–Kier alpha value is -1.43. The second-order valence-corrected chi connectivity index (χ2v) is 5.50. The number of carbonyl (C=O) groups is 2. The lowest BCUT2D eigenvalue weighted by Crippen LogP contribution is -2.33. The van der Waals surface area contributed by atoms with E-state index in [1.54, 1.807) is 0 Å². The van der Waals surface area contributed by atoms with Crippen LogP contribution in [0.3, 0.4) is 0 Å². The van der Waals surface area contributed by atoms with E-state index in [9.17, 15) is 14.0 Å². The smallest absolute Gasteiger partial charge is 0.306 e. The van der Waals surface area contributed by atoms with Crippen molar-refractivity contribution in [2.45, 2.75) is 25.3 Å². The van der Waals surface area contributed by atoms with Gasteiger partial charge in [0.15, 0.2) is 0 Å². The molecule has 1 saturated carbocycles. The lowest BCUT2D eigenvalue weighted by molar-refractivity contribution is -0.141. The van der Waals surface area contributed by atoms with E-state index in [4.69, 9.17) is 5.11 Å². The van der Waals surface area contributed by atoms with E-state index in [0.29, 0.717) is 23.7 Å². The summed E-state index contributed by atoms with van der Waals surface area (Å²) in [5.74, 6) is -2.10. The molecular formula is C13H13BrFNO3. The van der Waals surface area contributed by atoms with Gasteiger partial charge in [0.1, 0.15) is 5.82 Å². The summed E-state index contributed by atoms with van der Waals surface area (Å²) < 4.78 is 13.6. The Morgan fingerprint density at radius 1 is 1.37 bits per heavy atom. The first-order valence-electron chi connectivity index (χ1n) is 5.96. The van der Waals surface area contributed by atoms with Crippen LogP contribution in [0.25, 0.3) is 0 Å². The summed E-state index contributed by atoms with van der Waals surface area (Å²) >= 11 is 3.19. The largest absolute Gasteiger partial charge is 0.481 e. The Bertz CT molecular complexity index is 521. The second kappa shape index (κ2) is 5.69. The highest BCUT2D eigenvalue weighted by Gasteiger charge is 2.30. The maximum atomic E-state index is 13.1. The first kappa shape index (κ1) is 14.0. The first-order chi connectivity index (χ1) is 8.97. The average molecular weight is 330 g/mol. The maximum absolute atomic E-state index is 13.1. The molecule has 0 unspecified atom stereocenters. The number of hydrogen-bond acceptors (Lipinski definition) is 2. The van der Waals surface area contributed by atoms with Crippen molar-refractivity contribution in [1.82, 2.24) is 5.32 Å². The minimum atomic E-state index is -0.830. The number of rotatable bonds is 3. The van der Waals surface area contributed by atoms with Gasteiger partial charge in [0, 0.05) is 10.5 Å². The molecule has 1 amide bonds. The van der Waals surface area contributed by atoms with E-state index in [-0.39, 0.29) is 17.5 Å². The standard InChI is InChI=1S/C13H13BrFNO3/c14-11-4-2-8(15)6-10(11)12(17)16-9-3-1-7(5-9)13(18)19/h2,4,6-7,9H,1,3,5H2,(H,16,17)(H,18,19)/t7-,9+/m0/s1. The van der Waals surface area contributed by atoms with E-state index in [0.717, 1.165) is 6.07 Å². The third-order valence-electron chi connectivity index (χ3n) is 3.29. The fourth-order valence-electron chi connectivity index (χ4n) is 2.27. The van der Waals surface area contributed by atoms with E-state index >= 15 is 0 Å². The summed E-state index contributed by atoms with van der Waals surface area (Å²) in [6.07, 6.45) is 1.62. The predicted octanol–water partition coefficient (Wildman–Crippen LogP) is 2.57. The van der Waals surface area contributed by atoms with Crippen molar-refractivity contribution in [3.05, 3.63) is 34.1 Å². The number of amides is 1. The highest BCUT2D eigenvalue weighted by molar-refractivity contribution is 9.10. The molecule has 0 aromatic heterocycles. The molecular weight excluding hydrogens is 317 g/mol. The van der Waals surface area contributed by atoms with Crippen LogP contribution in [0.4, 0.5) is 4.39 Å². The number of nitrogens with one attached hydrogen (secondary N) is 1. The molecule has 0 heterocycles. The van der Waals surface area contributed by atoms with Gasteiger partial charge >= 0.3 is 5.97 Å². The molecule has 0 spiro atoms. The van der Waals surface area contributed by atoms with Crippen LogP contribution in [0.1, 0.15) is 29.6 Å². The zero-order chi connectivity index (χ0) is 14.0. The average Bonchev–Trinajstić information content (AvgIpc) is 2.80. The van der Waals surface area contributed by atoms with Crippen LogP contribution in [-0.2, 0) is 4.79 Å². The predicted molar refractivity (Wildman–Crippen MR) is 70.3 cm³/mol. The van der Waals surface area contributed by atoms with Crippen molar-refractivity contribution < 1.29 is 19.1 Å². The highest BCUT2D eigenvalue weighted by Crippen LogP contribution is 2.26. The SMILES string of the molecule is O=C(N[C@@H]1CC[C@H](C(=O)O)C1)c1cc(F)ccc1Br.